The zero-order chi connectivity index (χ0) is 16.9. The van der Waals surface area contributed by atoms with Crippen LogP contribution < -0.4 is 5.32 Å². The number of halogens is 3. The number of amides is 1. The molecule has 1 aliphatic heterocycles. The van der Waals surface area contributed by atoms with Gasteiger partial charge in [-0.2, -0.15) is 13.2 Å². The van der Waals surface area contributed by atoms with Crippen molar-refractivity contribution in [2.45, 2.75) is 19.5 Å². The predicted molar refractivity (Wildman–Crippen MR) is 75.7 cm³/mol. The predicted octanol–water partition coefficient (Wildman–Crippen LogP) is 0.795. The normalized spacial score (nSPS) is 16.3. The number of rotatable bonds is 5. The highest BCUT2D eigenvalue weighted by Gasteiger charge is 2.33. The van der Waals surface area contributed by atoms with Crippen LogP contribution >= 0.6 is 0 Å². The molecule has 0 saturated carbocycles. The van der Waals surface area contributed by atoms with Crippen molar-refractivity contribution in [3.8, 4) is 0 Å². The fraction of sp³-hybridized carbons (Fsp3) is 0.643. The van der Waals surface area contributed by atoms with E-state index in [2.05, 4.69) is 15.3 Å². The van der Waals surface area contributed by atoms with E-state index in [1.807, 2.05) is 4.90 Å². The number of carbonyl (C=O) groups is 1. The molecule has 1 amide bonds. The summed E-state index contributed by atoms with van der Waals surface area (Å²) in [4.78, 5) is 21.2. The number of alkyl halides is 3. The van der Waals surface area contributed by atoms with Crippen LogP contribution in [0.5, 0.6) is 0 Å². The average Bonchev–Trinajstić information content (AvgIpc) is 2.47. The quantitative estimate of drug-likeness (QED) is 0.864. The number of ether oxygens (including phenoxy) is 1. The zero-order valence-electron chi connectivity index (χ0n) is 12.8. The highest BCUT2D eigenvalue weighted by molar-refractivity contribution is 5.78. The van der Waals surface area contributed by atoms with Crippen LogP contribution in [0.2, 0.25) is 0 Å². The first-order valence-corrected chi connectivity index (χ1v) is 7.33. The van der Waals surface area contributed by atoms with Gasteiger partial charge in [0.25, 0.3) is 0 Å². The first-order chi connectivity index (χ1) is 10.8. The maximum atomic E-state index is 12.7. The molecular weight excluding hydrogens is 313 g/mol. The molecule has 0 aromatic carbocycles. The number of aryl methyl sites for hydroxylation is 1. The van der Waals surface area contributed by atoms with Crippen LogP contribution in [0.1, 0.15) is 17.2 Å². The molecule has 128 valence electrons. The molecular formula is C14H19F3N4O2. The summed E-state index contributed by atoms with van der Waals surface area (Å²) in [5.74, 6) is -0.0976. The minimum absolute atomic E-state index is 0.0731. The second kappa shape index (κ2) is 7.69. The summed E-state index contributed by atoms with van der Waals surface area (Å²) in [7, 11) is 0. The Morgan fingerprint density at radius 3 is 2.70 bits per heavy atom. The van der Waals surface area contributed by atoms with Crippen molar-refractivity contribution in [1.29, 1.82) is 0 Å². The Kier molecular flexibility index (Phi) is 5.89. The maximum Gasteiger partial charge on any atom is 0.433 e. The van der Waals surface area contributed by atoms with Crippen LogP contribution in [0.3, 0.4) is 0 Å². The average molecular weight is 332 g/mol. The molecule has 1 fully saturated rings. The summed E-state index contributed by atoms with van der Waals surface area (Å²) >= 11 is 0. The SMILES string of the molecule is Cc1cc(C(F)(F)F)nc(CCNC(=O)CN2CCOCC2)n1. The van der Waals surface area contributed by atoms with Crippen molar-refractivity contribution in [2.75, 3.05) is 39.4 Å². The second-order valence-electron chi connectivity index (χ2n) is 5.30. The lowest BCUT2D eigenvalue weighted by molar-refractivity contribution is -0.141. The number of morpholine rings is 1. The molecule has 2 rings (SSSR count). The van der Waals surface area contributed by atoms with E-state index in [0.29, 0.717) is 26.3 Å². The smallest absolute Gasteiger partial charge is 0.379 e. The summed E-state index contributed by atoms with van der Waals surface area (Å²) in [5.41, 5.74) is -0.707. The molecule has 1 aromatic heterocycles. The van der Waals surface area contributed by atoms with Gasteiger partial charge in [0.05, 0.1) is 19.8 Å². The van der Waals surface area contributed by atoms with Crippen LogP contribution in [0.15, 0.2) is 6.07 Å². The molecule has 0 radical (unpaired) electrons. The molecule has 1 saturated heterocycles. The summed E-state index contributed by atoms with van der Waals surface area (Å²) in [6.07, 6.45) is -4.35. The van der Waals surface area contributed by atoms with E-state index in [9.17, 15) is 18.0 Å². The number of aromatic nitrogens is 2. The van der Waals surface area contributed by atoms with E-state index in [1.54, 1.807) is 0 Å². The van der Waals surface area contributed by atoms with Gasteiger partial charge in [-0.15, -0.1) is 0 Å². The summed E-state index contributed by atoms with van der Waals surface area (Å²) < 4.78 is 43.2. The second-order valence-corrected chi connectivity index (χ2v) is 5.30. The van der Waals surface area contributed by atoms with Gasteiger partial charge in [-0.25, -0.2) is 9.97 Å². The third kappa shape index (κ3) is 5.76. The molecule has 0 atom stereocenters. The Labute approximate surface area is 132 Å². The van der Waals surface area contributed by atoms with Gasteiger partial charge in [0, 0.05) is 31.7 Å². The van der Waals surface area contributed by atoms with Crippen LogP contribution in [-0.4, -0.2) is 60.2 Å². The molecule has 9 heteroatoms. The number of hydrogen-bond donors (Lipinski definition) is 1. The number of nitrogens with one attached hydrogen (secondary N) is 1. The van der Waals surface area contributed by atoms with Gasteiger partial charge in [0.15, 0.2) is 0 Å². The van der Waals surface area contributed by atoms with E-state index in [0.717, 1.165) is 6.07 Å². The fourth-order valence-corrected chi connectivity index (χ4v) is 2.22. The molecule has 0 aliphatic carbocycles. The van der Waals surface area contributed by atoms with Crippen molar-refractivity contribution >= 4 is 5.91 Å². The van der Waals surface area contributed by atoms with Crippen LogP contribution in [-0.2, 0) is 22.1 Å². The minimum atomic E-state index is -4.50. The Morgan fingerprint density at radius 2 is 2.04 bits per heavy atom. The van der Waals surface area contributed by atoms with E-state index >= 15 is 0 Å². The van der Waals surface area contributed by atoms with Crippen molar-refractivity contribution in [3.05, 3.63) is 23.3 Å². The first kappa shape index (κ1) is 17.6. The fourth-order valence-electron chi connectivity index (χ4n) is 2.22. The Morgan fingerprint density at radius 1 is 1.35 bits per heavy atom. The van der Waals surface area contributed by atoms with Crippen molar-refractivity contribution in [3.63, 3.8) is 0 Å². The lowest BCUT2D eigenvalue weighted by atomic mass is 10.3. The van der Waals surface area contributed by atoms with E-state index in [-0.39, 0.29) is 36.9 Å². The van der Waals surface area contributed by atoms with E-state index in [1.165, 1.54) is 6.92 Å². The number of hydrogen-bond acceptors (Lipinski definition) is 5. The highest BCUT2D eigenvalue weighted by atomic mass is 19.4. The monoisotopic (exact) mass is 332 g/mol. The number of nitrogens with zero attached hydrogens (tertiary/aromatic N) is 3. The van der Waals surface area contributed by atoms with E-state index < -0.39 is 11.9 Å². The highest BCUT2D eigenvalue weighted by Crippen LogP contribution is 2.27. The molecule has 0 spiro atoms. The lowest BCUT2D eigenvalue weighted by Crippen LogP contribution is -2.43. The van der Waals surface area contributed by atoms with Crippen LogP contribution in [0, 0.1) is 6.92 Å². The Bertz CT molecular complexity index is 545. The van der Waals surface area contributed by atoms with Gasteiger partial charge in [-0.05, 0) is 13.0 Å². The molecule has 0 unspecified atom stereocenters. The third-order valence-electron chi connectivity index (χ3n) is 3.33. The lowest BCUT2D eigenvalue weighted by Gasteiger charge is -2.25. The summed E-state index contributed by atoms with van der Waals surface area (Å²) in [6, 6.07) is 0.903. The Hall–Kier alpha value is -1.74. The molecule has 1 N–H and O–H groups in total. The Balaban J connectivity index is 1.81. The van der Waals surface area contributed by atoms with Crippen molar-refractivity contribution < 1.29 is 22.7 Å². The van der Waals surface area contributed by atoms with Gasteiger partial charge in [0.1, 0.15) is 11.5 Å². The molecule has 1 aromatic rings. The van der Waals surface area contributed by atoms with Crippen LogP contribution in [0.25, 0.3) is 0 Å². The van der Waals surface area contributed by atoms with Crippen LogP contribution in [0.4, 0.5) is 13.2 Å². The maximum absolute atomic E-state index is 12.7. The molecule has 23 heavy (non-hydrogen) atoms. The molecule has 1 aliphatic rings. The molecule has 2 heterocycles. The minimum Gasteiger partial charge on any atom is -0.379 e. The van der Waals surface area contributed by atoms with Gasteiger partial charge >= 0.3 is 6.18 Å². The van der Waals surface area contributed by atoms with Gasteiger partial charge in [-0.3, -0.25) is 9.69 Å². The van der Waals surface area contributed by atoms with Crippen molar-refractivity contribution in [1.82, 2.24) is 20.2 Å². The van der Waals surface area contributed by atoms with Crippen molar-refractivity contribution in [2.24, 2.45) is 0 Å². The third-order valence-corrected chi connectivity index (χ3v) is 3.33. The largest absolute Gasteiger partial charge is 0.433 e. The van der Waals surface area contributed by atoms with Gasteiger partial charge in [-0.1, -0.05) is 0 Å². The summed E-state index contributed by atoms with van der Waals surface area (Å²) in [5, 5.41) is 2.67. The number of carbonyl (C=O) groups excluding carboxylic acids is 1. The topological polar surface area (TPSA) is 67.4 Å². The summed E-state index contributed by atoms with van der Waals surface area (Å²) in [6.45, 7) is 4.54. The molecule has 0 bridgehead atoms. The molecule has 6 nitrogen and oxygen atoms in total. The van der Waals surface area contributed by atoms with E-state index in [4.69, 9.17) is 4.74 Å². The van der Waals surface area contributed by atoms with Gasteiger partial charge in [0.2, 0.25) is 5.91 Å². The first-order valence-electron chi connectivity index (χ1n) is 7.33. The zero-order valence-corrected chi connectivity index (χ0v) is 12.8. The van der Waals surface area contributed by atoms with Gasteiger partial charge < -0.3 is 10.1 Å². The standard InChI is InChI=1S/C14H19F3N4O2/c1-10-8-11(14(15,16)17)20-12(19-10)2-3-18-13(22)9-21-4-6-23-7-5-21/h8H,2-7,9H2,1H3,(H,18,22).